The summed E-state index contributed by atoms with van der Waals surface area (Å²) >= 11 is 0. The Morgan fingerprint density at radius 1 is 1.06 bits per heavy atom. The Kier molecular flexibility index (Phi) is 8.66. The van der Waals surface area contributed by atoms with Gasteiger partial charge in [0.05, 0.1) is 11.9 Å². The van der Waals surface area contributed by atoms with Crippen LogP contribution in [0.4, 0.5) is 10.1 Å². The molecule has 184 valence electrons. The molecule has 1 aliphatic rings. The van der Waals surface area contributed by atoms with Gasteiger partial charge in [-0.05, 0) is 37.0 Å². The molecule has 1 N–H and O–H groups in total. The van der Waals surface area contributed by atoms with Gasteiger partial charge >= 0.3 is 0 Å². The van der Waals surface area contributed by atoms with Crippen LogP contribution in [-0.4, -0.2) is 50.0 Å². The summed E-state index contributed by atoms with van der Waals surface area (Å²) in [4.78, 5) is 28.1. The largest absolute Gasteiger partial charge is 0.352 e. The number of nitrogens with zero attached hydrogens (tertiary/aromatic N) is 2. The molecule has 34 heavy (non-hydrogen) atoms. The Morgan fingerprint density at radius 2 is 1.68 bits per heavy atom. The van der Waals surface area contributed by atoms with Crippen molar-refractivity contribution in [2.45, 2.75) is 57.7 Å². The molecular weight excluding hydrogens is 457 g/mol. The van der Waals surface area contributed by atoms with Crippen LogP contribution in [0.15, 0.2) is 54.6 Å². The van der Waals surface area contributed by atoms with Crippen molar-refractivity contribution >= 4 is 27.5 Å². The summed E-state index contributed by atoms with van der Waals surface area (Å²) in [5.74, 6) is -1.58. The van der Waals surface area contributed by atoms with Gasteiger partial charge in [0, 0.05) is 12.6 Å². The fraction of sp³-hybridized carbons (Fsp3) is 0.440. The zero-order valence-electron chi connectivity index (χ0n) is 19.6. The van der Waals surface area contributed by atoms with Crippen molar-refractivity contribution in [2.75, 3.05) is 17.1 Å². The highest BCUT2D eigenvalue weighted by molar-refractivity contribution is 7.92. The predicted octanol–water partition coefficient (Wildman–Crippen LogP) is 3.46. The minimum absolute atomic E-state index is 0.0844. The summed E-state index contributed by atoms with van der Waals surface area (Å²) in [6, 6.07) is 13.9. The molecule has 0 radical (unpaired) electrons. The van der Waals surface area contributed by atoms with E-state index in [9.17, 15) is 22.4 Å². The fourth-order valence-corrected chi connectivity index (χ4v) is 5.17. The lowest BCUT2D eigenvalue weighted by Gasteiger charge is -2.33. The summed E-state index contributed by atoms with van der Waals surface area (Å²) < 4.78 is 40.2. The van der Waals surface area contributed by atoms with Crippen LogP contribution in [0.5, 0.6) is 0 Å². The summed E-state index contributed by atoms with van der Waals surface area (Å²) in [6.45, 7) is 1.33. The lowest BCUT2D eigenvalue weighted by atomic mass is 10.1. The van der Waals surface area contributed by atoms with E-state index in [2.05, 4.69) is 5.32 Å². The molecule has 7 nitrogen and oxygen atoms in total. The van der Waals surface area contributed by atoms with E-state index in [0.717, 1.165) is 47.9 Å². The molecule has 0 saturated heterocycles. The van der Waals surface area contributed by atoms with E-state index in [1.54, 1.807) is 0 Å². The van der Waals surface area contributed by atoms with Crippen molar-refractivity contribution in [1.29, 1.82) is 0 Å². The van der Waals surface area contributed by atoms with E-state index in [-0.39, 0.29) is 24.2 Å². The molecule has 2 aromatic carbocycles. The first kappa shape index (κ1) is 25.7. The Morgan fingerprint density at radius 3 is 2.26 bits per heavy atom. The maximum atomic E-state index is 14.5. The average molecular weight is 490 g/mol. The second-order valence-corrected chi connectivity index (χ2v) is 10.5. The molecule has 3 rings (SSSR count). The van der Waals surface area contributed by atoms with Crippen molar-refractivity contribution in [1.82, 2.24) is 10.2 Å². The number of halogens is 1. The highest BCUT2D eigenvalue weighted by Crippen LogP contribution is 2.23. The van der Waals surface area contributed by atoms with Crippen LogP contribution in [0.3, 0.4) is 0 Å². The van der Waals surface area contributed by atoms with Gasteiger partial charge in [0.1, 0.15) is 18.4 Å². The van der Waals surface area contributed by atoms with Gasteiger partial charge in [-0.15, -0.1) is 0 Å². The molecule has 0 spiro atoms. The third-order valence-electron chi connectivity index (χ3n) is 6.08. The molecule has 2 amide bonds. The molecule has 1 atom stereocenters. The number of anilines is 1. The SMILES string of the molecule is CC[C@H](C(=O)NC1CCCC1)N(Cc1ccccc1)C(=O)CN(c1ccccc1F)S(C)(=O)=O. The van der Waals surface area contributed by atoms with Crippen molar-refractivity contribution in [2.24, 2.45) is 0 Å². The standard InChI is InChI=1S/C25H32FN3O4S/c1-3-22(25(31)27-20-13-7-8-14-20)28(17-19-11-5-4-6-12-19)24(30)18-29(34(2,32)33)23-16-10-9-15-21(23)26/h4-6,9-12,15-16,20,22H,3,7-8,13-14,17-18H2,1-2H3,(H,27,31)/t22-/m1/s1. The van der Waals surface area contributed by atoms with Crippen LogP contribution < -0.4 is 9.62 Å². The van der Waals surface area contributed by atoms with E-state index in [0.29, 0.717) is 6.42 Å². The van der Waals surface area contributed by atoms with Gasteiger partial charge in [-0.3, -0.25) is 13.9 Å². The third kappa shape index (κ3) is 6.56. The van der Waals surface area contributed by atoms with Gasteiger partial charge in [-0.2, -0.15) is 0 Å². The molecule has 2 aromatic rings. The number of rotatable bonds is 10. The lowest BCUT2D eigenvalue weighted by Crippen LogP contribution is -2.53. The van der Waals surface area contributed by atoms with Crippen molar-refractivity contribution in [3.05, 3.63) is 66.0 Å². The number of sulfonamides is 1. The minimum Gasteiger partial charge on any atom is -0.352 e. The first-order valence-electron chi connectivity index (χ1n) is 11.6. The summed E-state index contributed by atoms with van der Waals surface area (Å²) in [6.07, 6.45) is 5.21. The molecule has 0 heterocycles. The third-order valence-corrected chi connectivity index (χ3v) is 7.21. The second kappa shape index (κ2) is 11.5. The molecule has 0 unspecified atom stereocenters. The molecule has 1 fully saturated rings. The number of amides is 2. The maximum Gasteiger partial charge on any atom is 0.244 e. The summed E-state index contributed by atoms with van der Waals surface area (Å²) in [5, 5.41) is 3.05. The number of hydrogen-bond donors (Lipinski definition) is 1. The van der Waals surface area contributed by atoms with Gasteiger partial charge in [0.15, 0.2) is 0 Å². The molecule has 1 saturated carbocycles. The molecule has 0 bridgehead atoms. The lowest BCUT2D eigenvalue weighted by molar-refractivity contribution is -0.140. The van der Waals surface area contributed by atoms with Gasteiger partial charge in [0.2, 0.25) is 21.8 Å². The molecular formula is C25H32FN3O4S. The van der Waals surface area contributed by atoms with Crippen LogP contribution in [0.25, 0.3) is 0 Å². The zero-order chi connectivity index (χ0) is 24.7. The van der Waals surface area contributed by atoms with E-state index >= 15 is 0 Å². The van der Waals surface area contributed by atoms with E-state index in [1.807, 2.05) is 37.3 Å². The maximum absolute atomic E-state index is 14.5. The van der Waals surface area contributed by atoms with Crippen LogP contribution >= 0.6 is 0 Å². The van der Waals surface area contributed by atoms with Gasteiger partial charge in [-0.25, -0.2) is 12.8 Å². The van der Waals surface area contributed by atoms with Crippen molar-refractivity contribution in [3.63, 3.8) is 0 Å². The number of nitrogens with one attached hydrogen (secondary N) is 1. The number of hydrogen-bond acceptors (Lipinski definition) is 4. The first-order chi connectivity index (χ1) is 16.2. The van der Waals surface area contributed by atoms with Gasteiger partial charge < -0.3 is 10.2 Å². The molecule has 0 aromatic heterocycles. The zero-order valence-corrected chi connectivity index (χ0v) is 20.4. The first-order valence-corrected chi connectivity index (χ1v) is 13.4. The summed E-state index contributed by atoms with van der Waals surface area (Å²) in [5.41, 5.74) is 0.598. The van der Waals surface area contributed by atoms with E-state index in [4.69, 9.17) is 0 Å². The fourth-order valence-electron chi connectivity index (χ4n) is 4.32. The Hall–Kier alpha value is -2.94. The highest BCUT2D eigenvalue weighted by Gasteiger charge is 2.33. The minimum atomic E-state index is -3.97. The normalized spacial score (nSPS) is 15.0. The second-order valence-electron chi connectivity index (χ2n) is 8.64. The van der Waals surface area contributed by atoms with E-state index in [1.165, 1.54) is 23.1 Å². The monoisotopic (exact) mass is 489 g/mol. The highest BCUT2D eigenvalue weighted by atomic mass is 32.2. The number of para-hydroxylation sites is 1. The Labute approximate surface area is 201 Å². The van der Waals surface area contributed by atoms with Crippen molar-refractivity contribution in [3.8, 4) is 0 Å². The predicted molar refractivity (Wildman–Crippen MR) is 130 cm³/mol. The molecule has 1 aliphatic carbocycles. The molecule has 9 heteroatoms. The smallest absolute Gasteiger partial charge is 0.244 e. The van der Waals surface area contributed by atoms with Crippen LogP contribution in [0, 0.1) is 5.82 Å². The summed E-state index contributed by atoms with van der Waals surface area (Å²) in [7, 11) is -3.97. The van der Waals surface area contributed by atoms with Crippen LogP contribution in [0.2, 0.25) is 0 Å². The quantitative estimate of drug-likeness (QED) is 0.554. The topological polar surface area (TPSA) is 86.8 Å². The number of benzene rings is 2. The van der Waals surface area contributed by atoms with E-state index < -0.39 is 34.3 Å². The van der Waals surface area contributed by atoms with Gasteiger partial charge in [-0.1, -0.05) is 62.2 Å². The number of carbonyl (C=O) groups excluding carboxylic acids is 2. The number of carbonyl (C=O) groups is 2. The molecule has 0 aliphatic heterocycles. The van der Waals surface area contributed by atoms with Crippen LogP contribution in [0.1, 0.15) is 44.6 Å². The Balaban J connectivity index is 1.91. The van der Waals surface area contributed by atoms with Crippen LogP contribution in [-0.2, 0) is 26.2 Å². The van der Waals surface area contributed by atoms with Crippen molar-refractivity contribution < 1.29 is 22.4 Å². The Bertz CT molecular complexity index is 1090. The average Bonchev–Trinajstić information content (AvgIpc) is 3.31. The van der Waals surface area contributed by atoms with Gasteiger partial charge in [0.25, 0.3) is 0 Å².